The highest BCUT2D eigenvalue weighted by molar-refractivity contribution is 6.03. The first-order valence-electron chi connectivity index (χ1n) is 9.42. The molecule has 0 spiro atoms. The number of fused-ring (bicyclic) bond motifs is 1. The zero-order valence-electron chi connectivity index (χ0n) is 16.0. The summed E-state index contributed by atoms with van der Waals surface area (Å²) in [6.45, 7) is 0. The number of halogens is 2. The lowest BCUT2D eigenvalue weighted by molar-refractivity contribution is -0.0953. The van der Waals surface area contributed by atoms with E-state index in [-0.39, 0.29) is 16.5 Å². The van der Waals surface area contributed by atoms with Crippen molar-refractivity contribution in [1.29, 1.82) is 5.26 Å². The van der Waals surface area contributed by atoms with Crippen molar-refractivity contribution in [3.63, 3.8) is 0 Å². The number of nitrogens with zero attached hydrogens (tertiary/aromatic N) is 4. The number of nitriles is 1. The van der Waals surface area contributed by atoms with Gasteiger partial charge in [-0.3, -0.25) is 4.79 Å². The van der Waals surface area contributed by atoms with Crippen LogP contribution in [0.2, 0.25) is 0 Å². The SMILES string of the molecule is COc1cc(NC(=O)c2cccc(C(F)F)n2)cn2cc(C34CC(C#N)(C3)C4)nc12. The van der Waals surface area contributed by atoms with E-state index >= 15 is 0 Å². The second-order valence-electron chi connectivity index (χ2n) is 8.06. The van der Waals surface area contributed by atoms with Gasteiger partial charge in [0.25, 0.3) is 12.3 Å². The number of alkyl halides is 2. The number of carbonyl (C=O) groups excluding carboxylic acids is 1. The molecular weight excluding hydrogens is 392 g/mol. The van der Waals surface area contributed by atoms with Gasteiger partial charge in [0.1, 0.15) is 11.4 Å². The zero-order chi connectivity index (χ0) is 21.1. The number of amides is 1. The van der Waals surface area contributed by atoms with Gasteiger partial charge in [0.2, 0.25) is 0 Å². The Kier molecular flexibility index (Phi) is 3.84. The van der Waals surface area contributed by atoms with Crippen molar-refractivity contribution in [3.05, 3.63) is 53.7 Å². The maximum Gasteiger partial charge on any atom is 0.280 e. The molecule has 3 saturated carbocycles. The van der Waals surface area contributed by atoms with Gasteiger partial charge >= 0.3 is 0 Å². The van der Waals surface area contributed by atoms with Crippen LogP contribution in [0.4, 0.5) is 14.5 Å². The molecular formula is C21H17F2N5O2. The fourth-order valence-corrected chi connectivity index (χ4v) is 4.61. The Labute approximate surface area is 170 Å². The summed E-state index contributed by atoms with van der Waals surface area (Å²) in [6, 6.07) is 7.93. The molecule has 3 aromatic heterocycles. The minimum absolute atomic E-state index is 0.0458. The molecule has 1 N–H and O–H groups in total. The quantitative estimate of drug-likeness (QED) is 0.691. The van der Waals surface area contributed by atoms with Crippen LogP contribution in [0.1, 0.15) is 47.6 Å². The Morgan fingerprint density at radius 1 is 1.30 bits per heavy atom. The van der Waals surface area contributed by atoms with Crippen LogP contribution in [-0.4, -0.2) is 27.4 Å². The fourth-order valence-electron chi connectivity index (χ4n) is 4.61. The van der Waals surface area contributed by atoms with E-state index in [1.54, 1.807) is 16.7 Å². The molecule has 3 aromatic rings. The molecule has 0 aliphatic heterocycles. The number of rotatable bonds is 5. The third-order valence-electron chi connectivity index (χ3n) is 6.03. The second-order valence-corrected chi connectivity index (χ2v) is 8.06. The van der Waals surface area contributed by atoms with E-state index in [9.17, 15) is 18.8 Å². The summed E-state index contributed by atoms with van der Waals surface area (Å²) in [7, 11) is 1.51. The largest absolute Gasteiger partial charge is 0.493 e. The average Bonchev–Trinajstić information content (AvgIpc) is 3.09. The molecule has 2 bridgehead atoms. The zero-order valence-corrected chi connectivity index (χ0v) is 16.0. The Bertz CT molecular complexity index is 1210. The summed E-state index contributed by atoms with van der Waals surface area (Å²) in [5.74, 6) is -0.135. The second kappa shape index (κ2) is 6.23. The van der Waals surface area contributed by atoms with E-state index < -0.39 is 18.0 Å². The maximum absolute atomic E-state index is 12.9. The van der Waals surface area contributed by atoms with Gasteiger partial charge in [0, 0.05) is 23.9 Å². The van der Waals surface area contributed by atoms with Gasteiger partial charge < -0.3 is 14.5 Å². The van der Waals surface area contributed by atoms with Crippen molar-refractivity contribution < 1.29 is 18.3 Å². The van der Waals surface area contributed by atoms with Crippen LogP contribution in [0.25, 0.3) is 5.65 Å². The van der Waals surface area contributed by atoms with Crippen LogP contribution in [0.15, 0.2) is 36.7 Å². The van der Waals surface area contributed by atoms with Crippen molar-refractivity contribution in [2.24, 2.45) is 5.41 Å². The molecule has 3 heterocycles. The number of methoxy groups -OCH3 is 1. The van der Waals surface area contributed by atoms with Crippen LogP contribution in [0.5, 0.6) is 5.75 Å². The fraction of sp³-hybridized carbons (Fsp3) is 0.333. The number of pyridine rings is 2. The number of anilines is 1. The number of nitrogens with one attached hydrogen (secondary N) is 1. The summed E-state index contributed by atoms with van der Waals surface area (Å²) in [6.07, 6.45) is 3.28. The predicted molar refractivity (Wildman–Crippen MR) is 102 cm³/mol. The summed E-state index contributed by atoms with van der Waals surface area (Å²) in [4.78, 5) is 20.9. The first kappa shape index (κ1) is 18.5. The Morgan fingerprint density at radius 2 is 2.07 bits per heavy atom. The standard InChI is InChI=1S/C21H17F2N5O2/c1-30-15-5-12(25-19(29)14-4-2-3-13(26-14)17(22)23)6-28-7-16(27-18(15)28)21-8-20(9-21,10-21)11-24/h2-7,17H,8-10H2,1H3,(H,25,29). The van der Waals surface area contributed by atoms with Gasteiger partial charge in [0.05, 0.1) is 30.0 Å². The first-order chi connectivity index (χ1) is 14.4. The number of imidazole rings is 1. The van der Waals surface area contributed by atoms with Crippen LogP contribution in [0.3, 0.4) is 0 Å². The normalized spacial score (nSPS) is 24.1. The third kappa shape index (κ3) is 2.64. The number of hydrogen-bond donors (Lipinski definition) is 1. The molecule has 3 aliphatic carbocycles. The molecule has 0 aromatic carbocycles. The van der Waals surface area contributed by atoms with Crippen LogP contribution < -0.4 is 10.1 Å². The van der Waals surface area contributed by atoms with Crippen molar-refractivity contribution in [3.8, 4) is 11.8 Å². The summed E-state index contributed by atoms with van der Waals surface area (Å²) in [5.41, 5.74) is 1.15. The highest BCUT2D eigenvalue weighted by atomic mass is 19.3. The highest BCUT2D eigenvalue weighted by Crippen LogP contribution is 2.73. The number of carbonyl (C=O) groups is 1. The lowest BCUT2D eigenvalue weighted by atomic mass is 9.35. The van der Waals surface area contributed by atoms with Gasteiger partial charge in [0.15, 0.2) is 11.4 Å². The molecule has 30 heavy (non-hydrogen) atoms. The summed E-state index contributed by atoms with van der Waals surface area (Å²) >= 11 is 0. The summed E-state index contributed by atoms with van der Waals surface area (Å²) < 4.78 is 32.9. The van der Waals surface area contributed by atoms with E-state index in [1.165, 1.54) is 25.3 Å². The Hall–Kier alpha value is -3.54. The van der Waals surface area contributed by atoms with E-state index in [0.29, 0.717) is 17.1 Å². The topological polar surface area (TPSA) is 92.3 Å². The van der Waals surface area contributed by atoms with E-state index in [2.05, 4.69) is 16.4 Å². The molecule has 0 radical (unpaired) electrons. The van der Waals surface area contributed by atoms with Gasteiger partial charge in [-0.05, 0) is 31.4 Å². The van der Waals surface area contributed by atoms with E-state index in [1.807, 2.05) is 6.20 Å². The molecule has 3 fully saturated rings. The lowest BCUT2D eigenvalue weighted by Crippen LogP contribution is -2.63. The molecule has 0 saturated heterocycles. The van der Waals surface area contributed by atoms with Gasteiger partial charge in [-0.1, -0.05) is 6.07 Å². The van der Waals surface area contributed by atoms with E-state index in [0.717, 1.165) is 25.0 Å². The minimum Gasteiger partial charge on any atom is -0.493 e. The Balaban J connectivity index is 1.44. The summed E-state index contributed by atoms with van der Waals surface area (Å²) in [5, 5.41) is 11.9. The number of ether oxygens (including phenoxy) is 1. The van der Waals surface area contributed by atoms with Crippen molar-refractivity contribution in [2.75, 3.05) is 12.4 Å². The molecule has 6 rings (SSSR count). The third-order valence-corrected chi connectivity index (χ3v) is 6.03. The predicted octanol–water partition coefficient (Wildman–Crippen LogP) is 3.87. The van der Waals surface area contributed by atoms with Crippen LogP contribution in [0, 0.1) is 16.7 Å². The van der Waals surface area contributed by atoms with Gasteiger partial charge in [-0.15, -0.1) is 0 Å². The molecule has 0 unspecified atom stereocenters. The van der Waals surface area contributed by atoms with Crippen molar-refractivity contribution in [1.82, 2.24) is 14.4 Å². The molecule has 1 amide bonds. The lowest BCUT2D eigenvalue weighted by Gasteiger charge is -2.66. The Morgan fingerprint density at radius 3 is 2.73 bits per heavy atom. The van der Waals surface area contributed by atoms with Gasteiger partial charge in [-0.25, -0.2) is 18.7 Å². The van der Waals surface area contributed by atoms with Crippen LogP contribution in [-0.2, 0) is 5.41 Å². The number of hydrogen-bond acceptors (Lipinski definition) is 5. The molecule has 0 atom stereocenters. The van der Waals surface area contributed by atoms with Crippen LogP contribution >= 0.6 is 0 Å². The monoisotopic (exact) mass is 409 g/mol. The van der Waals surface area contributed by atoms with E-state index in [4.69, 9.17) is 9.72 Å². The first-order valence-corrected chi connectivity index (χ1v) is 9.42. The smallest absolute Gasteiger partial charge is 0.280 e. The maximum atomic E-state index is 12.9. The molecule has 152 valence electrons. The molecule has 7 nitrogen and oxygen atoms in total. The van der Waals surface area contributed by atoms with Gasteiger partial charge in [-0.2, -0.15) is 5.26 Å². The average molecular weight is 409 g/mol. The number of aromatic nitrogens is 3. The molecule has 3 aliphatic rings. The highest BCUT2D eigenvalue weighted by Gasteiger charge is 2.70. The van der Waals surface area contributed by atoms with Crippen molar-refractivity contribution in [2.45, 2.75) is 31.1 Å². The minimum atomic E-state index is -2.75. The molecule has 9 heteroatoms. The van der Waals surface area contributed by atoms with Crippen molar-refractivity contribution >= 4 is 17.2 Å².